The Balaban J connectivity index is 2.56. The molecule has 2 rings (SSSR count). The molecule has 0 aliphatic carbocycles. The number of phosphoric ester groups is 2. The Hall–Kier alpha value is -2.26. The van der Waals surface area contributed by atoms with E-state index in [1.54, 1.807) is 0 Å². The van der Waals surface area contributed by atoms with Crippen LogP contribution >= 0.6 is 15.6 Å². The minimum absolute atomic E-state index is 0.190. The number of nitrogens with one attached hydrogen (secondary N) is 2. The van der Waals surface area contributed by atoms with Gasteiger partial charge in [-0.05, 0) is 25.7 Å². The second-order valence-electron chi connectivity index (χ2n) is 23.9. The zero-order chi connectivity index (χ0) is 64.6. The molecule has 512 valence electrons. The monoisotopic (exact) mass is 1290 g/mol. The smallest absolute Gasteiger partial charge is 0.457 e. The van der Waals surface area contributed by atoms with Gasteiger partial charge < -0.3 is 84.5 Å². The molecule has 2 aliphatic heterocycles. The van der Waals surface area contributed by atoms with E-state index in [9.17, 15) is 78.5 Å². The van der Waals surface area contributed by atoms with Gasteiger partial charge in [0.25, 0.3) is 0 Å². The van der Waals surface area contributed by atoms with Crippen LogP contribution in [0, 0.1) is 0 Å². The van der Waals surface area contributed by atoms with E-state index in [1.807, 2.05) is 13.8 Å². The number of phosphoric acid groups is 2. The Labute approximate surface area is 517 Å². The summed E-state index contributed by atoms with van der Waals surface area (Å²) >= 11 is 0. The lowest BCUT2D eigenvalue weighted by Gasteiger charge is -2.47. The zero-order valence-electron chi connectivity index (χ0n) is 52.6. The molecule has 0 unspecified atom stereocenters. The number of esters is 2. The van der Waals surface area contributed by atoms with Gasteiger partial charge in [-0.25, -0.2) is 9.13 Å². The fourth-order valence-corrected chi connectivity index (χ4v) is 12.0. The summed E-state index contributed by atoms with van der Waals surface area (Å²) in [6.07, 6.45) is 4.16. The molecule has 2 saturated heterocycles. The molecule has 2 aliphatic rings. The summed E-state index contributed by atoms with van der Waals surface area (Å²) in [5.41, 5.74) is 0. The van der Waals surface area contributed by atoms with Gasteiger partial charge in [0.15, 0.2) is 24.8 Å². The van der Waals surface area contributed by atoms with Gasteiger partial charge in [0, 0.05) is 0 Å². The van der Waals surface area contributed by atoms with E-state index in [1.165, 1.54) is 25.7 Å². The van der Waals surface area contributed by atoms with Gasteiger partial charge in [0.2, 0.25) is 11.8 Å². The molecule has 87 heavy (non-hydrogen) atoms. The van der Waals surface area contributed by atoms with Crippen LogP contribution in [-0.2, 0) is 61.0 Å². The van der Waals surface area contributed by atoms with Gasteiger partial charge >= 0.3 is 27.6 Å². The summed E-state index contributed by atoms with van der Waals surface area (Å²) < 4.78 is 64.8. The van der Waals surface area contributed by atoms with Gasteiger partial charge in [0.05, 0.1) is 63.3 Å². The summed E-state index contributed by atoms with van der Waals surface area (Å²) in [7, 11) is -11.2. The predicted octanol–water partition coefficient (Wildman–Crippen LogP) is 7.75. The Kier molecular flexibility index (Phi) is 43.4. The van der Waals surface area contributed by atoms with Crippen molar-refractivity contribution in [2.24, 2.45) is 0 Å². The van der Waals surface area contributed by atoms with Crippen molar-refractivity contribution >= 4 is 39.4 Å². The lowest BCUT2D eigenvalue weighted by Crippen LogP contribution is -2.68. The summed E-state index contributed by atoms with van der Waals surface area (Å²) in [6.45, 7) is 6.32. The molecular weight excluding hydrogens is 1180 g/mol. The normalized spacial score (nSPS) is 24.0. The molecule has 2 fully saturated rings. The first-order valence-electron chi connectivity index (χ1n) is 32.8. The van der Waals surface area contributed by atoms with Crippen molar-refractivity contribution < 1.29 is 111 Å². The highest BCUT2D eigenvalue weighted by Crippen LogP contribution is 2.44. The van der Waals surface area contributed by atoms with Crippen molar-refractivity contribution in [2.75, 3.05) is 13.2 Å². The van der Waals surface area contributed by atoms with Crippen molar-refractivity contribution in [3.05, 3.63) is 0 Å². The summed E-state index contributed by atoms with van der Waals surface area (Å²) in [5, 5.41) is 71.5. The van der Waals surface area contributed by atoms with Crippen LogP contribution in [0.25, 0.3) is 0 Å². The van der Waals surface area contributed by atoms with E-state index in [0.29, 0.717) is 25.7 Å². The van der Waals surface area contributed by atoms with Gasteiger partial charge in [0.1, 0.15) is 36.5 Å². The van der Waals surface area contributed by atoms with E-state index in [2.05, 4.69) is 24.5 Å². The number of rotatable bonds is 52. The molecule has 14 atom stereocenters. The molecule has 12 N–H and O–H groups in total. The Morgan fingerprint density at radius 2 is 0.759 bits per heavy atom. The van der Waals surface area contributed by atoms with Crippen molar-refractivity contribution in [1.82, 2.24) is 10.6 Å². The van der Waals surface area contributed by atoms with Gasteiger partial charge in [-0.3, -0.25) is 28.2 Å². The van der Waals surface area contributed by atoms with E-state index < -0.39 is 164 Å². The van der Waals surface area contributed by atoms with Crippen LogP contribution in [-0.4, -0.2) is 173 Å². The van der Waals surface area contributed by atoms with Crippen LogP contribution in [0.5, 0.6) is 0 Å². The maximum absolute atomic E-state index is 14.0. The maximum Gasteiger partial charge on any atom is 0.472 e. The van der Waals surface area contributed by atoms with Crippen LogP contribution in [0.3, 0.4) is 0 Å². The standard InChI is InChI=1S/C60H114N2O23P2/c1-5-9-13-17-19-21-23-27-31-33-43(64)37-49(68)61-53-57(82-51(70)39-45(66)35-29-25-15-11-7-3)55(72)48(81-60(53)85-87(76,77)78)42-79-59-54(62-50(69)38-44(65)34-32-28-24-22-20-18-14-10-6-2)58(56(47(41-63)80-59)84-86(73,74)75)83-52(71)40-46(67)36-30-26-16-12-8-4/h43-48,53-60,63-67,72H,5-42H2,1-4H3,(H,61,68)(H,62,69)(H2,73,74,75)(H2,76,77,78)/t43-,44-,45-,46-,47-,48-,53-,54-,55-,56-,57-,58-,59-,60-/m1/s1. The molecule has 27 heteroatoms. The lowest BCUT2D eigenvalue weighted by molar-refractivity contribution is -0.296. The van der Waals surface area contributed by atoms with Crippen molar-refractivity contribution in [3.8, 4) is 0 Å². The summed E-state index contributed by atoms with van der Waals surface area (Å²) in [6, 6.07) is -3.74. The molecule has 2 amide bonds. The topological polar surface area (TPSA) is 393 Å². The number of aliphatic hydroxyl groups is 6. The number of hydrogen-bond acceptors (Lipinski definition) is 19. The van der Waals surface area contributed by atoms with Gasteiger partial charge in [-0.2, -0.15) is 0 Å². The molecule has 0 aromatic heterocycles. The molecule has 0 saturated carbocycles. The first kappa shape index (κ1) is 80.8. The number of aliphatic hydroxyl groups excluding tert-OH is 6. The maximum atomic E-state index is 14.0. The quantitative estimate of drug-likeness (QED) is 0.0157. The Morgan fingerprint density at radius 3 is 1.11 bits per heavy atom. The van der Waals surface area contributed by atoms with E-state index in [0.717, 1.165) is 128 Å². The van der Waals surface area contributed by atoms with Crippen LogP contribution in [0.15, 0.2) is 0 Å². The van der Waals surface area contributed by atoms with Crippen LogP contribution in [0.2, 0.25) is 0 Å². The highest BCUT2D eigenvalue weighted by molar-refractivity contribution is 7.46. The number of amides is 2. The summed E-state index contributed by atoms with van der Waals surface area (Å²) in [5.74, 6) is -4.03. The average molecular weight is 1290 g/mol. The fourth-order valence-electron chi connectivity index (χ4n) is 11.0. The minimum Gasteiger partial charge on any atom is -0.457 e. The molecule has 0 radical (unpaired) electrons. The van der Waals surface area contributed by atoms with Crippen molar-refractivity contribution in [3.63, 3.8) is 0 Å². The minimum atomic E-state index is -5.60. The molecular formula is C60H114N2O23P2. The Morgan fingerprint density at radius 1 is 0.437 bits per heavy atom. The lowest BCUT2D eigenvalue weighted by atomic mass is 9.95. The zero-order valence-corrected chi connectivity index (χ0v) is 54.4. The molecule has 0 aromatic carbocycles. The number of ether oxygens (including phenoxy) is 5. The third-order valence-corrected chi connectivity index (χ3v) is 16.8. The number of carbonyl (C=O) groups is 4. The van der Waals surface area contributed by atoms with E-state index in [4.69, 9.17) is 32.7 Å². The molecule has 0 aromatic rings. The van der Waals surface area contributed by atoms with E-state index in [-0.39, 0.29) is 25.7 Å². The molecule has 0 bridgehead atoms. The number of hydrogen-bond donors (Lipinski definition) is 12. The third-order valence-electron chi connectivity index (χ3n) is 15.8. The van der Waals surface area contributed by atoms with Crippen LogP contribution in [0.4, 0.5) is 0 Å². The molecule has 2 heterocycles. The fraction of sp³-hybridized carbons (Fsp3) is 0.933. The first-order valence-corrected chi connectivity index (χ1v) is 35.9. The average Bonchev–Trinajstić information content (AvgIpc) is 1.83. The SMILES string of the molecule is CCCCCCCCCCC[C@@H](O)CC(=O)N[C@H]1[C@H](OC[C@H]2O[C@H](OP(=O)(O)O)[C@H](NC(=O)C[C@H](O)CCCCCCCCCCC)[C@@H](OC(=O)C[C@H](O)CCCCCCC)[C@@H]2O)O[C@H](CO)[C@@H](OP(=O)(O)O)[C@@H]1OC(=O)C[C@H](O)CCCCCCC. The first-order chi connectivity index (χ1) is 41.4. The largest absolute Gasteiger partial charge is 0.472 e. The van der Waals surface area contributed by atoms with Gasteiger partial charge in [-0.1, -0.05) is 207 Å². The second kappa shape index (κ2) is 46.7. The summed E-state index contributed by atoms with van der Waals surface area (Å²) in [4.78, 5) is 95.6. The highest BCUT2D eigenvalue weighted by Gasteiger charge is 2.55. The third kappa shape index (κ3) is 37.1. The van der Waals surface area contributed by atoms with Crippen LogP contribution in [0.1, 0.15) is 259 Å². The van der Waals surface area contributed by atoms with E-state index >= 15 is 0 Å². The molecule has 25 nitrogen and oxygen atoms in total. The van der Waals surface area contributed by atoms with Crippen molar-refractivity contribution in [1.29, 1.82) is 0 Å². The van der Waals surface area contributed by atoms with Crippen molar-refractivity contribution in [2.45, 2.75) is 345 Å². The molecule has 0 spiro atoms. The predicted molar refractivity (Wildman–Crippen MR) is 323 cm³/mol. The second-order valence-corrected chi connectivity index (χ2v) is 26.3. The Bertz CT molecular complexity index is 1930. The highest BCUT2D eigenvalue weighted by atomic mass is 31.2. The number of carbonyl (C=O) groups excluding carboxylic acids is 4. The van der Waals surface area contributed by atoms with Crippen LogP contribution < -0.4 is 10.6 Å². The number of unbranched alkanes of at least 4 members (excludes halogenated alkanes) is 24. The van der Waals surface area contributed by atoms with Gasteiger partial charge in [-0.15, -0.1) is 0 Å².